The second-order valence-corrected chi connectivity index (χ2v) is 9.30. The first-order valence-electron chi connectivity index (χ1n) is 12.8. The number of nitrogens with zero attached hydrogens (tertiary/aromatic N) is 3. The number of aromatic nitrogens is 2. The summed E-state index contributed by atoms with van der Waals surface area (Å²) in [6.07, 6.45) is 3.00. The molecule has 206 valence electrons. The third-order valence-electron chi connectivity index (χ3n) is 6.77. The molecule has 5 rings (SSSR count). The molecule has 2 N–H and O–H groups in total. The number of benzene rings is 2. The molecule has 0 spiro atoms. The predicted octanol–water partition coefficient (Wildman–Crippen LogP) is 4.53. The number of ether oxygens (including phenoxy) is 3. The maximum atomic E-state index is 13.5. The van der Waals surface area contributed by atoms with Gasteiger partial charge in [0.15, 0.2) is 5.78 Å². The van der Waals surface area contributed by atoms with Crippen molar-refractivity contribution in [2.24, 2.45) is 7.05 Å². The van der Waals surface area contributed by atoms with Crippen LogP contribution in [0.15, 0.2) is 67.4 Å². The van der Waals surface area contributed by atoms with E-state index in [2.05, 4.69) is 22.1 Å². The van der Waals surface area contributed by atoms with Crippen LogP contribution in [0.5, 0.6) is 11.5 Å². The molecule has 1 fully saturated rings. The average molecular weight is 542 g/mol. The number of pyridine rings is 1. The van der Waals surface area contributed by atoms with Crippen molar-refractivity contribution in [2.75, 3.05) is 56.1 Å². The van der Waals surface area contributed by atoms with Crippen molar-refractivity contribution >= 4 is 45.6 Å². The monoisotopic (exact) mass is 541 g/mol. The average Bonchev–Trinajstić information content (AvgIpc) is 3.33. The van der Waals surface area contributed by atoms with Gasteiger partial charge in [0.2, 0.25) is 5.91 Å². The smallest absolute Gasteiger partial charge is 0.247 e. The SMILES string of the molecule is C=CC(=O)Nc1cc(N2CCOCC2)ccc1Nc1ccc2c(C(=O)c3cc(OC)cc(OC)c3)cn(C)c2n1. The summed E-state index contributed by atoms with van der Waals surface area (Å²) in [5.74, 6) is 1.14. The molecule has 2 aromatic carbocycles. The zero-order chi connectivity index (χ0) is 28.2. The number of hydrogen-bond acceptors (Lipinski definition) is 8. The number of fused-ring (bicyclic) bond motifs is 1. The Hall–Kier alpha value is -4.83. The number of rotatable bonds is 9. The molecule has 40 heavy (non-hydrogen) atoms. The number of carbonyl (C=O) groups excluding carboxylic acids is 2. The highest BCUT2D eigenvalue weighted by molar-refractivity contribution is 6.16. The molecule has 0 unspecified atom stereocenters. The van der Waals surface area contributed by atoms with E-state index in [9.17, 15) is 9.59 Å². The van der Waals surface area contributed by atoms with E-state index < -0.39 is 0 Å². The first-order valence-corrected chi connectivity index (χ1v) is 12.8. The Balaban J connectivity index is 1.46. The molecular formula is C30H31N5O5. The lowest BCUT2D eigenvalue weighted by molar-refractivity contribution is -0.111. The summed E-state index contributed by atoms with van der Waals surface area (Å²) in [5, 5.41) is 6.92. The minimum atomic E-state index is -0.314. The van der Waals surface area contributed by atoms with E-state index in [-0.39, 0.29) is 11.7 Å². The number of aryl methyl sites for hydroxylation is 1. The molecule has 1 aliphatic rings. The zero-order valence-corrected chi connectivity index (χ0v) is 22.7. The van der Waals surface area contributed by atoms with Gasteiger partial charge in [0.05, 0.1) is 38.8 Å². The number of hydrogen-bond donors (Lipinski definition) is 2. The lowest BCUT2D eigenvalue weighted by Gasteiger charge is -2.29. The van der Waals surface area contributed by atoms with Crippen LogP contribution in [0.4, 0.5) is 22.9 Å². The van der Waals surface area contributed by atoms with Gasteiger partial charge in [-0.15, -0.1) is 0 Å². The Bertz CT molecular complexity index is 1570. The summed E-state index contributed by atoms with van der Waals surface area (Å²) < 4.78 is 17.9. The Morgan fingerprint density at radius 2 is 1.73 bits per heavy atom. The van der Waals surface area contributed by atoms with Crippen LogP contribution in [0.1, 0.15) is 15.9 Å². The highest BCUT2D eigenvalue weighted by atomic mass is 16.5. The molecule has 3 heterocycles. The van der Waals surface area contributed by atoms with Crippen molar-refractivity contribution in [1.29, 1.82) is 0 Å². The van der Waals surface area contributed by atoms with Gasteiger partial charge in [0.1, 0.15) is 23.0 Å². The first-order chi connectivity index (χ1) is 19.4. The number of carbonyl (C=O) groups is 2. The number of anilines is 4. The highest BCUT2D eigenvalue weighted by Gasteiger charge is 2.20. The van der Waals surface area contributed by atoms with E-state index in [1.807, 2.05) is 35.9 Å². The lowest BCUT2D eigenvalue weighted by atomic mass is 10.0. The number of amides is 1. The maximum absolute atomic E-state index is 13.5. The zero-order valence-electron chi connectivity index (χ0n) is 22.7. The largest absolute Gasteiger partial charge is 0.497 e. The van der Waals surface area contributed by atoms with Gasteiger partial charge >= 0.3 is 0 Å². The minimum absolute atomic E-state index is 0.168. The molecule has 1 amide bonds. The predicted molar refractivity (Wildman–Crippen MR) is 155 cm³/mol. The van der Waals surface area contributed by atoms with Gasteiger partial charge in [-0.05, 0) is 48.5 Å². The molecule has 2 aromatic heterocycles. The summed E-state index contributed by atoms with van der Waals surface area (Å²) in [5.41, 5.74) is 3.86. The lowest BCUT2D eigenvalue weighted by Crippen LogP contribution is -2.36. The standard InChI is InChI=1S/C30H31N5O5/c1-5-28(36)32-26-16-20(35-10-12-40-13-11-35)6-8-25(26)31-27-9-7-23-24(18-34(2)30(23)33-27)29(37)19-14-21(38-3)17-22(15-19)39-4/h5-9,14-18H,1,10-13H2,2-4H3,(H,31,33)(H,32,36). The third kappa shape index (κ3) is 5.48. The molecule has 10 heteroatoms. The van der Waals surface area contributed by atoms with E-state index in [1.165, 1.54) is 6.08 Å². The van der Waals surface area contributed by atoms with Gasteiger partial charge in [0.25, 0.3) is 0 Å². The molecule has 1 aliphatic heterocycles. The van der Waals surface area contributed by atoms with Crippen molar-refractivity contribution in [1.82, 2.24) is 9.55 Å². The molecule has 0 bridgehead atoms. The van der Waals surface area contributed by atoms with Crippen LogP contribution in [-0.4, -0.2) is 61.8 Å². The quantitative estimate of drug-likeness (QED) is 0.235. The highest BCUT2D eigenvalue weighted by Crippen LogP contribution is 2.32. The minimum Gasteiger partial charge on any atom is -0.497 e. The second kappa shape index (κ2) is 11.5. The topological polar surface area (TPSA) is 107 Å². The van der Waals surface area contributed by atoms with E-state index in [0.29, 0.717) is 64.1 Å². The van der Waals surface area contributed by atoms with Crippen LogP contribution in [0.3, 0.4) is 0 Å². The Kier molecular flexibility index (Phi) is 7.70. The Labute approximate surface area is 232 Å². The van der Waals surface area contributed by atoms with Gasteiger partial charge < -0.3 is 34.3 Å². The number of morpholine rings is 1. The van der Waals surface area contributed by atoms with Crippen LogP contribution in [-0.2, 0) is 16.6 Å². The van der Waals surface area contributed by atoms with E-state index >= 15 is 0 Å². The van der Waals surface area contributed by atoms with Crippen molar-refractivity contribution in [3.63, 3.8) is 0 Å². The second-order valence-electron chi connectivity index (χ2n) is 9.30. The van der Waals surface area contributed by atoms with Crippen molar-refractivity contribution < 1.29 is 23.8 Å². The third-order valence-corrected chi connectivity index (χ3v) is 6.77. The van der Waals surface area contributed by atoms with Crippen LogP contribution >= 0.6 is 0 Å². The fourth-order valence-electron chi connectivity index (χ4n) is 4.68. The first kappa shape index (κ1) is 26.8. The normalized spacial score (nSPS) is 13.1. The summed E-state index contributed by atoms with van der Waals surface area (Å²) in [4.78, 5) is 32.7. The number of ketones is 1. The summed E-state index contributed by atoms with van der Waals surface area (Å²) in [6.45, 7) is 6.43. The Morgan fingerprint density at radius 1 is 1.00 bits per heavy atom. The molecule has 0 radical (unpaired) electrons. The van der Waals surface area contributed by atoms with E-state index in [1.54, 1.807) is 44.7 Å². The van der Waals surface area contributed by atoms with Crippen molar-refractivity contribution in [3.8, 4) is 11.5 Å². The fourth-order valence-corrected chi connectivity index (χ4v) is 4.68. The van der Waals surface area contributed by atoms with Gasteiger partial charge in [-0.3, -0.25) is 9.59 Å². The van der Waals surface area contributed by atoms with Gasteiger partial charge in [-0.1, -0.05) is 6.58 Å². The van der Waals surface area contributed by atoms with Crippen LogP contribution < -0.4 is 25.0 Å². The molecule has 0 aliphatic carbocycles. The molecule has 0 atom stereocenters. The molecular weight excluding hydrogens is 510 g/mol. The molecule has 4 aromatic rings. The summed E-state index contributed by atoms with van der Waals surface area (Å²) >= 11 is 0. The van der Waals surface area contributed by atoms with Crippen LogP contribution in [0.2, 0.25) is 0 Å². The molecule has 0 saturated carbocycles. The summed E-state index contributed by atoms with van der Waals surface area (Å²) in [7, 11) is 4.93. The van der Waals surface area contributed by atoms with Gasteiger partial charge in [-0.2, -0.15) is 0 Å². The van der Waals surface area contributed by atoms with Gasteiger partial charge in [0, 0.05) is 54.6 Å². The number of methoxy groups -OCH3 is 2. The maximum Gasteiger partial charge on any atom is 0.247 e. The fraction of sp³-hybridized carbons (Fsp3) is 0.233. The van der Waals surface area contributed by atoms with E-state index in [0.717, 1.165) is 18.8 Å². The molecule has 10 nitrogen and oxygen atoms in total. The Morgan fingerprint density at radius 3 is 2.40 bits per heavy atom. The van der Waals surface area contributed by atoms with E-state index in [4.69, 9.17) is 19.2 Å². The van der Waals surface area contributed by atoms with Crippen LogP contribution in [0.25, 0.3) is 11.0 Å². The number of nitrogens with one attached hydrogen (secondary N) is 2. The molecule has 1 saturated heterocycles. The van der Waals surface area contributed by atoms with Crippen LogP contribution in [0, 0.1) is 0 Å². The summed E-state index contributed by atoms with van der Waals surface area (Å²) in [6, 6.07) is 14.6. The van der Waals surface area contributed by atoms with Crippen molar-refractivity contribution in [3.05, 3.63) is 78.5 Å². The van der Waals surface area contributed by atoms with Gasteiger partial charge in [-0.25, -0.2) is 4.98 Å². The van der Waals surface area contributed by atoms with Crippen molar-refractivity contribution in [2.45, 2.75) is 0 Å².